The van der Waals surface area contributed by atoms with Gasteiger partial charge in [-0.1, -0.05) is 13.8 Å². The van der Waals surface area contributed by atoms with Gasteiger partial charge in [0.1, 0.15) is 0 Å². The molecule has 1 aliphatic rings. The van der Waals surface area contributed by atoms with Crippen LogP contribution in [0.15, 0.2) is 0 Å². The smallest absolute Gasteiger partial charge is 0.0600 e. The molecule has 0 unspecified atom stereocenters. The van der Waals surface area contributed by atoms with E-state index < -0.39 is 0 Å². The molecule has 0 bridgehead atoms. The number of hydrogen-bond acceptors (Lipinski definition) is 4. The Bertz CT molecular complexity index is 192. The number of nitrogens with zero attached hydrogens (tertiary/aromatic N) is 1. The lowest BCUT2D eigenvalue weighted by atomic mass is 10.1. The molecule has 18 heavy (non-hydrogen) atoms. The molecule has 1 saturated heterocycles. The van der Waals surface area contributed by atoms with Crippen LogP contribution < -0.4 is 5.84 Å². The Hall–Kier alpha value is -0.160. The summed E-state index contributed by atoms with van der Waals surface area (Å²) in [5, 5.41) is 1.87. The fourth-order valence-electron chi connectivity index (χ4n) is 2.15. The highest BCUT2D eigenvalue weighted by atomic mass is 16.5. The second kappa shape index (κ2) is 9.73. The van der Waals surface area contributed by atoms with Gasteiger partial charge in [-0.3, -0.25) is 5.84 Å². The minimum Gasteiger partial charge on any atom is -0.381 e. The summed E-state index contributed by atoms with van der Waals surface area (Å²) in [6, 6.07) is 0. The van der Waals surface area contributed by atoms with Crippen molar-refractivity contribution >= 4 is 0 Å². The van der Waals surface area contributed by atoms with Gasteiger partial charge in [0.2, 0.25) is 0 Å². The quantitative estimate of drug-likeness (QED) is 0.509. The van der Waals surface area contributed by atoms with Gasteiger partial charge in [0, 0.05) is 32.9 Å². The van der Waals surface area contributed by atoms with Crippen LogP contribution >= 0.6 is 0 Å². The van der Waals surface area contributed by atoms with Crippen LogP contribution in [0.3, 0.4) is 0 Å². The first kappa shape index (κ1) is 15.9. The molecule has 2 N–H and O–H groups in total. The Morgan fingerprint density at radius 3 is 2.44 bits per heavy atom. The largest absolute Gasteiger partial charge is 0.381 e. The van der Waals surface area contributed by atoms with E-state index in [1.807, 2.05) is 5.01 Å². The minimum atomic E-state index is 0.408. The summed E-state index contributed by atoms with van der Waals surface area (Å²) in [6.45, 7) is 8.95. The third-order valence-corrected chi connectivity index (χ3v) is 3.33. The van der Waals surface area contributed by atoms with E-state index in [0.29, 0.717) is 6.10 Å². The molecule has 1 aliphatic heterocycles. The fourth-order valence-corrected chi connectivity index (χ4v) is 2.15. The SMILES string of the molecule is CC(C)CCCOCCCOC1CCN(N)CC1. The average molecular weight is 258 g/mol. The predicted molar refractivity (Wildman–Crippen MR) is 74.2 cm³/mol. The molecule has 0 radical (unpaired) electrons. The second-order valence-corrected chi connectivity index (χ2v) is 5.61. The summed E-state index contributed by atoms with van der Waals surface area (Å²) in [7, 11) is 0. The van der Waals surface area contributed by atoms with Gasteiger partial charge < -0.3 is 9.47 Å². The number of hydrogen-bond donors (Lipinski definition) is 1. The van der Waals surface area contributed by atoms with E-state index in [1.54, 1.807) is 0 Å². The summed E-state index contributed by atoms with van der Waals surface area (Å²) < 4.78 is 11.4. The zero-order valence-electron chi connectivity index (χ0n) is 12.1. The number of piperidine rings is 1. The van der Waals surface area contributed by atoms with Gasteiger partial charge in [-0.25, -0.2) is 5.01 Å². The number of rotatable bonds is 9. The lowest BCUT2D eigenvalue weighted by molar-refractivity contribution is -0.00316. The summed E-state index contributed by atoms with van der Waals surface area (Å²) >= 11 is 0. The van der Waals surface area contributed by atoms with Gasteiger partial charge >= 0.3 is 0 Å². The van der Waals surface area contributed by atoms with Crippen molar-refractivity contribution < 1.29 is 9.47 Å². The molecule has 0 saturated carbocycles. The average Bonchev–Trinajstić information content (AvgIpc) is 2.34. The topological polar surface area (TPSA) is 47.7 Å². The van der Waals surface area contributed by atoms with Crippen molar-refractivity contribution in [1.29, 1.82) is 0 Å². The Labute approximate surface area is 112 Å². The van der Waals surface area contributed by atoms with Gasteiger partial charge in [-0.2, -0.15) is 0 Å². The van der Waals surface area contributed by atoms with E-state index in [-0.39, 0.29) is 0 Å². The maximum Gasteiger partial charge on any atom is 0.0600 e. The molecule has 4 nitrogen and oxygen atoms in total. The molecule has 1 fully saturated rings. The van der Waals surface area contributed by atoms with Crippen molar-refractivity contribution in [3.63, 3.8) is 0 Å². The summed E-state index contributed by atoms with van der Waals surface area (Å²) in [6.07, 6.45) is 5.97. The normalized spacial score (nSPS) is 18.7. The molecule has 4 heteroatoms. The highest BCUT2D eigenvalue weighted by Gasteiger charge is 2.16. The zero-order valence-corrected chi connectivity index (χ0v) is 12.1. The fraction of sp³-hybridized carbons (Fsp3) is 1.00. The Morgan fingerprint density at radius 2 is 1.78 bits per heavy atom. The van der Waals surface area contributed by atoms with E-state index in [4.69, 9.17) is 15.3 Å². The Kier molecular flexibility index (Phi) is 8.59. The zero-order chi connectivity index (χ0) is 13.2. The van der Waals surface area contributed by atoms with Gasteiger partial charge in [-0.05, 0) is 38.0 Å². The van der Waals surface area contributed by atoms with Crippen molar-refractivity contribution in [2.75, 3.05) is 32.9 Å². The van der Waals surface area contributed by atoms with Crippen molar-refractivity contribution in [3.8, 4) is 0 Å². The Morgan fingerprint density at radius 1 is 1.11 bits per heavy atom. The third kappa shape index (κ3) is 8.03. The van der Waals surface area contributed by atoms with Crippen molar-refractivity contribution in [3.05, 3.63) is 0 Å². The molecule has 0 aromatic heterocycles. The van der Waals surface area contributed by atoms with E-state index in [9.17, 15) is 0 Å². The van der Waals surface area contributed by atoms with Crippen LogP contribution in [0, 0.1) is 5.92 Å². The highest BCUT2D eigenvalue weighted by molar-refractivity contribution is 4.68. The highest BCUT2D eigenvalue weighted by Crippen LogP contribution is 2.11. The molecule has 0 aromatic rings. The van der Waals surface area contributed by atoms with Crippen LogP contribution in [-0.2, 0) is 9.47 Å². The first-order valence-corrected chi connectivity index (χ1v) is 7.37. The first-order chi connectivity index (χ1) is 8.68. The van der Waals surface area contributed by atoms with Crippen LogP contribution in [0.25, 0.3) is 0 Å². The molecule has 0 aliphatic carbocycles. The van der Waals surface area contributed by atoms with Crippen LogP contribution in [-0.4, -0.2) is 44.0 Å². The Balaban J connectivity index is 1.81. The molecule has 108 valence electrons. The minimum absolute atomic E-state index is 0.408. The lowest BCUT2D eigenvalue weighted by Gasteiger charge is -2.28. The number of nitrogens with two attached hydrogens (primary N) is 1. The molecule has 0 atom stereocenters. The summed E-state index contributed by atoms with van der Waals surface area (Å²) in [5.41, 5.74) is 0. The maximum atomic E-state index is 5.81. The molecule has 0 aromatic carbocycles. The van der Waals surface area contributed by atoms with Crippen molar-refractivity contribution in [2.45, 2.75) is 52.1 Å². The predicted octanol–water partition coefficient (Wildman–Crippen LogP) is 2.18. The van der Waals surface area contributed by atoms with Crippen LogP contribution in [0.1, 0.15) is 46.0 Å². The van der Waals surface area contributed by atoms with E-state index in [0.717, 1.165) is 58.1 Å². The van der Waals surface area contributed by atoms with Crippen LogP contribution in [0.2, 0.25) is 0 Å². The van der Waals surface area contributed by atoms with E-state index in [2.05, 4.69) is 13.8 Å². The van der Waals surface area contributed by atoms with Gasteiger partial charge in [0.25, 0.3) is 0 Å². The van der Waals surface area contributed by atoms with E-state index in [1.165, 1.54) is 12.8 Å². The lowest BCUT2D eigenvalue weighted by Crippen LogP contribution is -2.41. The molecule has 0 spiro atoms. The van der Waals surface area contributed by atoms with Gasteiger partial charge in [0.15, 0.2) is 0 Å². The maximum absolute atomic E-state index is 5.81. The summed E-state index contributed by atoms with van der Waals surface area (Å²) in [5.74, 6) is 6.48. The van der Waals surface area contributed by atoms with E-state index >= 15 is 0 Å². The van der Waals surface area contributed by atoms with Crippen LogP contribution in [0.5, 0.6) is 0 Å². The van der Waals surface area contributed by atoms with Gasteiger partial charge in [0.05, 0.1) is 6.10 Å². The molecule has 1 rings (SSSR count). The summed E-state index contributed by atoms with van der Waals surface area (Å²) in [4.78, 5) is 0. The van der Waals surface area contributed by atoms with Gasteiger partial charge in [-0.15, -0.1) is 0 Å². The number of ether oxygens (including phenoxy) is 2. The van der Waals surface area contributed by atoms with Crippen LogP contribution in [0.4, 0.5) is 0 Å². The van der Waals surface area contributed by atoms with Crippen molar-refractivity contribution in [2.24, 2.45) is 11.8 Å². The molecular weight excluding hydrogens is 228 g/mol. The standard InChI is InChI=1S/C14H30N2O2/c1-13(2)5-3-10-17-11-4-12-18-14-6-8-16(15)9-7-14/h13-14H,3-12,15H2,1-2H3. The third-order valence-electron chi connectivity index (χ3n) is 3.33. The second-order valence-electron chi connectivity index (χ2n) is 5.61. The number of hydrazine groups is 1. The first-order valence-electron chi connectivity index (χ1n) is 7.37. The molecule has 1 heterocycles. The van der Waals surface area contributed by atoms with Crippen molar-refractivity contribution in [1.82, 2.24) is 5.01 Å². The molecule has 0 amide bonds. The monoisotopic (exact) mass is 258 g/mol. The molecular formula is C14H30N2O2.